The van der Waals surface area contributed by atoms with E-state index in [0.29, 0.717) is 36.7 Å². The van der Waals surface area contributed by atoms with Gasteiger partial charge in [-0.15, -0.1) is 0 Å². The summed E-state index contributed by atoms with van der Waals surface area (Å²) in [5.41, 5.74) is 7.55. The van der Waals surface area contributed by atoms with E-state index >= 15 is 0 Å². The van der Waals surface area contributed by atoms with E-state index in [1.165, 1.54) is 5.56 Å². The van der Waals surface area contributed by atoms with Gasteiger partial charge >= 0.3 is 0 Å². The van der Waals surface area contributed by atoms with Gasteiger partial charge in [-0.05, 0) is 54.9 Å². The Morgan fingerprint density at radius 2 is 1.56 bits per heavy atom. The number of nitrogens with two attached hydrogens (primary N) is 1. The molecular weight excluding hydrogens is 360 g/mol. The second-order valence-corrected chi connectivity index (χ2v) is 9.09. The van der Waals surface area contributed by atoms with Gasteiger partial charge in [-0.2, -0.15) is 4.31 Å². The summed E-state index contributed by atoms with van der Waals surface area (Å²) in [5.74, 6) is 0.208. The highest BCUT2D eigenvalue weighted by Gasteiger charge is 2.29. The topological polar surface area (TPSA) is 80.5 Å². The van der Waals surface area contributed by atoms with Crippen molar-refractivity contribution in [3.05, 3.63) is 65.7 Å². The maximum absolute atomic E-state index is 12.7. The molecule has 1 aliphatic rings. The molecule has 2 aromatic rings. The quantitative estimate of drug-likeness (QED) is 0.794. The van der Waals surface area contributed by atoms with Gasteiger partial charge in [-0.1, -0.05) is 42.5 Å². The second kappa shape index (κ2) is 8.67. The Kier molecular flexibility index (Phi) is 6.29. The van der Waals surface area contributed by atoms with Crippen LogP contribution >= 0.6 is 0 Å². The molecule has 0 saturated carbocycles. The van der Waals surface area contributed by atoms with Crippen LogP contribution in [0.25, 0.3) is 0 Å². The van der Waals surface area contributed by atoms with Crippen molar-refractivity contribution >= 4 is 15.9 Å². The highest BCUT2D eigenvalue weighted by Crippen LogP contribution is 2.26. The van der Waals surface area contributed by atoms with Gasteiger partial charge in [-0.3, -0.25) is 4.79 Å². The first-order valence-corrected chi connectivity index (χ1v) is 10.8. The highest BCUT2D eigenvalue weighted by atomic mass is 32.2. The first-order chi connectivity index (χ1) is 12.9. The molecule has 6 heteroatoms. The number of carbonyl (C=O) groups is 1. The highest BCUT2D eigenvalue weighted by molar-refractivity contribution is 7.89. The van der Waals surface area contributed by atoms with E-state index in [1.54, 1.807) is 28.6 Å². The molecule has 1 aliphatic heterocycles. The number of hydrogen-bond acceptors (Lipinski definition) is 3. The molecule has 3 rings (SSSR count). The standard InChI is InChI=1S/C21H26N2O3S/c22-21(24)11-10-17-6-8-18(9-7-17)16-19-12-14-23(15-13-19)27(25,26)20-4-2-1-3-5-20/h1-9,19H,10-16H2,(H2,22,24). The molecule has 1 saturated heterocycles. The van der Waals surface area contributed by atoms with Crippen LogP contribution in [0.1, 0.15) is 30.4 Å². The third kappa shape index (κ3) is 5.17. The summed E-state index contributed by atoms with van der Waals surface area (Å²) in [5, 5.41) is 0. The van der Waals surface area contributed by atoms with Gasteiger partial charge < -0.3 is 5.73 Å². The SMILES string of the molecule is NC(=O)CCc1ccc(CC2CCN(S(=O)(=O)c3ccccc3)CC2)cc1. The van der Waals surface area contributed by atoms with Crippen molar-refractivity contribution in [2.75, 3.05) is 13.1 Å². The van der Waals surface area contributed by atoms with E-state index in [2.05, 4.69) is 12.1 Å². The van der Waals surface area contributed by atoms with Gasteiger partial charge in [0.2, 0.25) is 15.9 Å². The average molecular weight is 387 g/mol. The number of benzene rings is 2. The Hall–Kier alpha value is -2.18. The van der Waals surface area contributed by atoms with E-state index in [9.17, 15) is 13.2 Å². The smallest absolute Gasteiger partial charge is 0.243 e. The lowest BCUT2D eigenvalue weighted by Gasteiger charge is -2.31. The van der Waals surface area contributed by atoms with Gasteiger partial charge in [0, 0.05) is 19.5 Å². The Labute approximate surface area is 161 Å². The zero-order chi connectivity index (χ0) is 19.3. The Morgan fingerprint density at radius 3 is 2.15 bits per heavy atom. The largest absolute Gasteiger partial charge is 0.370 e. The fraction of sp³-hybridized carbons (Fsp3) is 0.381. The predicted octanol–water partition coefficient (Wildman–Crippen LogP) is 2.75. The first-order valence-electron chi connectivity index (χ1n) is 9.36. The van der Waals surface area contributed by atoms with Crippen molar-refractivity contribution in [1.82, 2.24) is 4.31 Å². The van der Waals surface area contributed by atoms with Crippen LogP contribution in [0.2, 0.25) is 0 Å². The number of nitrogens with zero attached hydrogens (tertiary/aromatic N) is 1. The lowest BCUT2D eigenvalue weighted by Crippen LogP contribution is -2.38. The fourth-order valence-corrected chi connectivity index (χ4v) is 5.03. The first kappa shape index (κ1) is 19.6. The minimum Gasteiger partial charge on any atom is -0.370 e. The molecule has 0 radical (unpaired) electrons. The number of primary amides is 1. The molecular formula is C21H26N2O3S. The third-order valence-electron chi connectivity index (χ3n) is 5.16. The van der Waals surface area contributed by atoms with Crippen LogP contribution < -0.4 is 5.73 Å². The number of piperidine rings is 1. The lowest BCUT2D eigenvalue weighted by atomic mass is 9.90. The van der Waals surface area contributed by atoms with Gasteiger partial charge in [0.05, 0.1) is 4.90 Å². The molecule has 0 bridgehead atoms. The summed E-state index contributed by atoms with van der Waals surface area (Å²) in [4.78, 5) is 11.2. The maximum atomic E-state index is 12.7. The third-order valence-corrected chi connectivity index (χ3v) is 7.07. The van der Waals surface area contributed by atoms with E-state index in [0.717, 1.165) is 24.8 Å². The van der Waals surface area contributed by atoms with E-state index in [4.69, 9.17) is 5.73 Å². The van der Waals surface area contributed by atoms with Gasteiger partial charge in [0.1, 0.15) is 0 Å². The van der Waals surface area contributed by atoms with Crippen molar-refractivity contribution in [1.29, 1.82) is 0 Å². The van der Waals surface area contributed by atoms with Gasteiger partial charge in [0.15, 0.2) is 0 Å². The van der Waals surface area contributed by atoms with E-state index < -0.39 is 10.0 Å². The summed E-state index contributed by atoms with van der Waals surface area (Å²) in [6.45, 7) is 1.14. The van der Waals surface area contributed by atoms with Crippen LogP contribution in [0.5, 0.6) is 0 Å². The second-order valence-electron chi connectivity index (χ2n) is 7.15. The Balaban J connectivity index is 1.53. The molecule has 2 N–H and O–H groups in total. The normalized spacial score (nSPS) is 16.3. The van der Waals surface area contributed by atoms with Crippen LogP contribution in [0.15, 0.2) is 59.5 Å². The summed E-state index contributed by atoms with van der Waals surface area (Å²) in [7, 11) is -3.38. The Morgan fingerprint density at radius 1 is 0.963 bits per heavy atom. The minimum absolute atomic E-state index is 0.281. The lowest BCUT2D eigenvalue weighted by molar-refractivity contribution is -0.117. The van der Waals surface area contributed by atoms with Crippen LogP contribution in [0.4, 0.5) is 0 Å². The molecule has 5 nitrogen and oxygen atoms in total. The van der Waals surface area contributed by atoms with Crippen LogP contribution in [-0.2, 0) is 27.7 Å². The minimum atomic E-state index is -3.38. The number of carbonyl (C=O) groups excluding carboxylic acids is 1. The van der Waals surface area contributed by atoms with Crippen LogP contribution in [0.3, 0.4) is 0 Å². The van der Waals surface area contributed by atoms with E-state index in [1.807, 2.05) is 18.2 Å². The molecule has 27 heavy (non-hydrogen) atoms. The van der Waals surface area contributed by atoms with Crippen molar-refractivity contribution in [3.8, 4) is 0 Å². The number of aryl methyl sites for hydroxylation is 1. The molecule has 1 amide bonds. The molecule has 0 atom stereocenters. The summed E-state index contributed by atoms with van der Waals surface area (Å²) >= 11 is 0. The van der Waals surface area contributed by atoms with Crippen molar-refractivity contribution in [2.45, 2.75) is 37.0 Å². The van der Waals surface area contributed by atoms with Crippen molar-refractivity contribution < 1.29 is 13.2 Å². The molecule has 0 unspecified atom stereocenters. The monoisotopic (exact) mass is 386 g/mol. The number of sulfonamides is 1. The zero-order valence-electron chi connectivity index (χ0n) is 15.4. The number of rotatable bonds is 7. The molecule has 1 fully saturated rings. The fourth-order valence-electron chi connectivity index (χ4n) is 3.54. The number of amides is 1. The van der Waals surface area contributed by atoms with Gasteiger partial charge in [-0.25, -0.2) is 8.42 Å². The summed E-state index contributed by atoms with van der Waals surface area (Å²) in [6, 6.07) is 16.9. The van der Waals surface area contributed by atoms with Crippen molar-refractivity contribution in [2.24, 2.45) is 11.7 Å². The Bertz CT molecular complexity index is 856. The number of hydrogen-bond donors (Lipinski definition) is 1. The predicted molar refractivity (Wildman–Crippen MR) is 106 cm³/mol. The molecule has 0 spiro atoms. The van der Waals surface area contributed by atoms with Crippen LogP contribution in [-0.4, -0.2) is 31.7 Å². The summed E-state index contributed by atoms with van der Waals surface area (Å²) in [6.07, 6.45) is 3.74. The zero-order valence-corrected chi connectivity index (χ0v) is 16.2. The molecule has 0 aromatic heterocycles. The van der Waals surface area contributed by atoms with Crippen molar-refractivity contribution in [3.63, 3.8) is 0 Å². The van der Waals surface area contributed by atoms with Crippen LogP contribution in [0, 0.1) is 5.92 Å². The average Bonchev–Trinajstić information content (AvgIpc) is 2.68. The molecule has 144 valence electrons. The van der Waals surface area contributed by atoms with Gasteiger partial charge in [0.25, 0.3) is 0 Å². The molecule has 2 aromatic carbocycles. The summed E-state index contributed by atoms with van der Waals surface area (Å²) < 4.78 is 27.0. The van der Waals surface area contributed by atoms with E-state index in [-0.39, 0.29) is 5.91 Å². The molecule has 1 heterocycles. The molecule has 0 aliphatic carbocycles. The maximum Gasteiger partial charge on any atom is 0.243 e.